The lowest BCUT2D eigenvalue weighted by atomic mass is 9.73. The van der Waals surface area contributed by atoms with Crippen molar-refractivity contribution in [3.05, 3.63) is 0 Å². The zero-order chi connectivity index (χ0) is 19.7. The zero-order valence-electron chi connectivity index (χ0n) is 17.5. The Balaban J connectivity index is 1.27. The van der Waals surface area contributed by atoms with E-state index in [1.807, 2.05) is 6.92 Å². The molecule has 8 unspecified atom stereocenters. The van der Waals surface area contributed by atoms with E-state index in [1.165, 1.54) is 25.7 Å². The summed E-state index contributed by atoms with van der Waals surface area (Å²) in [6.45, 7) is 4.01. The molecule has 9 atom stereocenters. The molecule has 1 saturated heterocycles. The van der Waals surface area contributed by atoms with Crippen LogP contribution >= 0.6 is 0 Å². The maximum Gasteiger partial charge on any atom is 0.223 e. The fraction of sp³-hybridized carbons (Fsp3) is 0.955. The van der Waals surface area contributed by atoms with Crippen LogP contribution in [0.3, 0.4) is 0 Å². The van der Waals surface area contributed by atoms with Crippen molar-refractivity contribution in [2.45, 2.75) is 103 Å². The van der Waals surface area contributed by atoms with Crippen molar-refractivity contribution in [1.29, 1.82) is 0 Å². The van der Waals surface area contributed by atoms with Crippen LogP contribution in [0.4, 0.5) is 0 Å². The Hall–Kier alpha value is -0.690. The van der Waals surface area contributed by atoms with Crippen molar-refractivity contribution in [3.8, 4) is 0 Å². The molecule has 4 aliphatic rings. The van der Waals surface area contributed by atoms with Crippen LogP contribution in [0, 0.1) is 29.6 Å². The van der Waals surface area contributed by atoms with Gasteiger partial charge in [0.1, 0.15) is 6.23 Å². The number of nitrogens with one attached hydrogen (secondary N) is 3. The molecule has 4 fully saturated rings. The molecule has 0 aromatic carbocycles. The van der Waals surface area contributed by atoms with E-state index in [0.29, 0.717) is 17.9 Å². The first-order valence-corrected chi connectivity index (χ1v) is 11.7. The molecule has 4 N–H and O–H groups in total. The predicted octanol–water partition coefficient (Wildman–Crippen LogP) is 2.67. The second-order valence-electron chi connectivity index (χ2n) is 9.83. The second kappa shape index (κ2) is 8.99. The third-order valence-electron chi connectivity index (χ3n) is 8.09. The molecule has 1 aliphatic heterocycles. The number of aliphatic hydroxyl groups excluding tert-OH is 1. The molecule has 160 valence electrons. The zero-order valence-corrected chi connectivity index (χ0v) is 17.5. The molecule has 0 bridgehead atoms. The van der Waals surface area contributed by atoms with Gasteiger partial charge in [0.15, 0.2) is 0 Å². The Morgan fingerprint density at radius 2 is 1.96 bits per heavy atom. The van der Waals surface area contributed by atoms with E-state index in [9.17, 15) is 9.90 Å². The van der Waals surface area contributed by atoms with E-state index in [0.717, 1.165) is 44.4 Å². The van der Waals surface area contributed by atoms with Crippen LogP contribution in [0.5, 0.6) is 0 Å². The van der Waals surface area contributed by atoms with Crippen LogP contribution < -0.4 is 16.1 Å². The normalized spacial score (nSPS) is 44.8. The first-order valence-electron chi connectivity index (χ1n) is 11.7. The van der Waals surface area contributed by atoms with Crippen LogP contribution in [-0.4, -0.2) is 35.6 Å². The molecule has 0 aromatic heterocycles. The van der Waals surface area contributed by atoms with E-state index in [2.05, 4.69) is 23.0 Å². The maximum atomic E-state index is 12.9. The molecule has 4 rings (SSSR count). The Morgan fingerprint density at radius 1 is 1.14 bits per heavy atom. The van der Waals surface area contributed by atoms with E-state index in [-0.39, 0.29) is 36.2 Å². The Bertz CT molecular complexity index is 543. The minimum atomic E-state index is -0.296. The van der Waals surface area contributed by atoms with Crippen molar-refractivity contribution < 1.29 is 14.7 Å². The predicted molar refractivity (Wildman–Crippen MR) is 108 cm³/mol. The monoisotopic (exact) mass is 393 g/mol. The van der Waals surface area contributed by atoms with Gasteiger partial charge in [-0.1, -0.05) is 13.3 Å². The van der Waals surface area contributed by atoms with Gasteiger partial charge >= 0.3 is 0 Å². The molecule has 0 radical (unpaired) electrons. The van der Waals surface area contributed by atoms with Gasteiger partial charge in [-0.25, -0.2) is 0 Å². The highest BCUT2D eigenvalue weighted by molar-refractivity contribution is 5.79. The molecule has 0 spiro atoms. The molecule has 1 heterocycles. The van der Waals surface area contributed by atoms with E-state index >= 15 is 0 Å². The summed E-state index contributed by atoms with van der Waals surface area (Å²) in [5.41, 5.74) is 3.21. The first kappa shape index (κ1) is 20.6. The van der Waals surface area contributed by atoms with Gasteiger partial charge in [-0.2, -0.15) is 5.48 Å². The maximum absolute atomic E-state index is 12.9. The summed E-state index contributed by atoms with van der Waals surface area (Å²) in [5.74, 6) is 2.62. The molecular formula is C22H39N3O3. The third-order valence-corrected chi connectivity index (χ3v) is 8.09. The second-order valence-corrected chi connectivity index (χ2v) is 9.83. The van der Waals surface area contributed by atoms with Crippen LogP contribution in [0.25, 0.3) is 0 Å². The fourth-order valence-corrected chi connectivity index (χ4v) is 6.34. The highest BCUT2D eigenvalue weighted by Crippen LogP contribution is 2.45. The number of carbonyl (C=O) groups excluding carboxylic acids is 1. The largest absolute Gasteiger partial charge is 0.393 e. The van der Waals surface area contributed by atoms with Gasteiger partial charge in [0, 0.05) is 12.0 Å². The summed E-state index contributed by atoms with van der Waals surface area (Å²) in [4.78, 5) is 18.5. The van der Waals surface area contributed by atoms with Gasteiger partial charge in [0.05, 0.1) is 12.3 Å². The molecule has 6 heteroatoms. The average molecular weight is 394 g/mol. The van der Waals surface area contributed by atoms with Gasteiger partial charge in [-0.05, 0) is 88.4 Å². The summed E-state index contributed by atoms with van der Waals surface area (Å²) in [7, 11) is 0. The number of fused-ring (bicyclic) bond motifs is 1. The van der Waals surface area contributed by atoms with Crippen LogP contribution in [0.1, 0.15) is 78.1 Å². The molecule has 3 saturated carbocycles. The van der Waals surface area contributed by atoms with Gasteiger partial charge in [0.25, 0.3) is 0 Å². The van der Waals surface area contributed by atoms with Gasteiger partial charge in [0.2, 0.25) is 5.91 Å². The fourth-order valence-electron chi connectivity index (χ4n) is 6.34. The highest BCUT2D eigenvalue weighted by Gasteiger charge is 2.44. The van der Waals surface area contributed by atoms with E-state index in [1.54, 1.807) is 0 Å². The third kappa shape index (κ3) is 4.40. The molecule has 3 aliphatic carbocycles. The van der Waals surface area contributed by atoms with Gasteiger partial charge < -0.3 is 10.4 Å². The Kier molecular flexibility index (Phi) is 6.60. The van der Waals surface area contributed by atoms with E-state index in [4.69, 9.17) is 4.84 Å². The molecule has 1 amide bonds. The molecule has 0 aromatic rings. The summed E-state index contributed by atoms with van der Waals surface area (Å²) < 4.78 is 0. The Morgan fingerprint density at radius 3 is 2.71 bits per heavy atom. The summed E-state index contributed by atoms with van der Waals surface area (Å²) in [6, 6.07) is 0.356. The number of hydrogen-bond acceptors (Lipinski definition) is 5. The van der Waals surface area contributed by atoms with Crippen molar-refractivity contribution in [3.63, 3.8) is 0 Å². The lowest BCUT2D eigenvalue weighted by molar-refractivity contribution is -0.128. The van der Waals surface area contributed by atoms with Gasteiger partial charge in [-0.15, -0.1) is 0 Å². The first-order chi connectivity index (χ1) is 13.5. The minimum Gasteiger partial charge on any atom is -0.393 e. The van der Waals surface area contributed by atoms with Crippen molar-refractivity contribution in [2.24, 2.45) is 29.6 Å². The van der Waals surface area contributed by atoms with Crippen LogP contribution in [-0.2, 0) is 9.63 Å². The smallest absolute Gasteiger partial charge is 0.223 e. The summed E-state index contributed by atoms with van der Waals surface area (Å²) in [5, 5.41) is 16.9. The molecule has 28 heavy (non-hydrogen) atoms. The standard InChI is InChI=1S/C22H39N3O3/c1-3-20-24-21(25-28-20)16-7-9-18-15(12-16)8-10-19(18)23-22(27)17-6-4-5-14(11-17)13(2)26/h13-21,24-26H,3-12H2,1-2H3,(H,23,27)/t13?,14?,15?,16?,17?,18?,19-,20?,21?/m1/s1. The van der Waals surface area contributed by atoms with Crippen molar-refractivity contribution in [2.75, 3.05) is 0 Å². The van der Waals surface area contributed by atoms with Crippen molar-refractivity contribution >= 4 is 5.91 Å². The minimum absolute atomic E-state index is 0.0961. The number of amides is 1. The SMILES string of the molecule is CCC1NC(C2CCC3C(CC[C@H]3NC(=O)C3CCCC(C(C)O)C3)C2)NO1. The lowest BCUT2D eigenvalue weighted by Crippen LogP contribution is -2.47. The average Bonchev–Trinajstić information content (AvgIpc) is 3.35. The molecule has 6 nitrogen and oxygen atoms in total. The number of aliphatic hydroxyl groups is 1. The lowest BCUT2D eigenvalue weighted by Gasteiger charge is -2.37. The summed E-state index contributed by atoms with van der Waals surface area (Å²) >= 11 is 0. The summed E-state index contributed by atoms with van der Waals surface area (Å²) in [6.07, 6.45) is 11.1. The Labute approximate surface area is 169 Å². The number of carbonyl (C=O) groups is 1. The van der Waals surface area contributed by atoms with Crippen molar-refractivity contribution in [1.82, 2.24) is 16.1 Å². The van der Waals surface area contributed by atoms with Gasteiger partial charge in [-0.3, -0.25) is 14.9 Å². The van der Waals surface area contributed by atoms with E-state index < -0.39 is 0 Å². The number of rotatable bonds is 5. The molecular weight excluding hydrogens is 354 g/mol. The quantitative estimate of drug-likeness (QED) is 0.577. The topological polar surface area (TPSA) is 82.6 Å². The van der Waals surface area contributed by atoms with Crippen LogP contribution in [0.15, 0.2) is 0 Å². The van der Waals surface area contributed by atoms with Crippen LogP contribution in [0.2, 0.25) is 0 Å². The number of hydroxylamine groups is 1. The highest BCUT2D eigenvalue weighted by atomic mass is 16.7. The number of hydrogen-bond donors (Lipinski definition) is 4.